The number of benzene rings is 1. The minimum atomic E-state index is -4.55. The number of hydrogen-bond acceptors (Lipinski definition) is 3. The fourth-order valence-electron chi connectivity index (χ4n) is 1.75. The van der Waals surface area contributed by atoms with Gasteiger partial charge in [-0.15, -0.1) is 0 Å². The normalized spacial score (nSPS) is 11.7. The summed E-state index contributed by atoms with van der Waals surface area (Å²) in [6.07, 6.45) is -4.55. The van der Waals surface area contributed by atoms with E-state index in [2.05, 4.69) is 21.2 Å². The molecule has 0 atom stereocenters. The van der Waals surface area contributed by atoms with Crippen LogP contribution in [0.25, 0.3) is 0 Å². The maximum absolute atomic E-state index is 12.3. The Kier molecular flexibility index (Phi) is 7.57. The summed E-state index contributed by atoms with van der Waals surface area (Å²) in [6.45, 7) is 2.79. The molecule has 0 aliphatic rings. The molecule has 1 aromatic carbocycles. The molecule has 1 rings (SSSR count). The molecule has 0 spiro atoms. The molecule has 0 saturated heterocycles. The van der Waals surface area contributed by atoms with E-state index >= 15 is 0 Å². The summed E-state index contributed by atoms with van der Waals surface area (Å²) in [4.78, 5) is 29.6. The average Bonchev–Trinajstić information content (AvgIpc) is 2.47. The maximum Gasteiger partial charge on any atom is 0.405 e. The van der Waals surface area contributed by atoms with Gasteiger partial charge in [0.1, 0.15) is 12.1 Å². The quantitative estimate of drug-likeness (QED) is 0.633. The highest BCUT2D eigenvalue weighted by Crippen LogP contribution is 2.25. The second kappa shape index (κ2) is 8.81. The Morgan fingerprint density at radius 3 is 2.38 bits per heavy atom. The summed E-state index contributed by atoms with van der Waals surface area (Å²) in [6, 6.07) is 3.88. The van der Waals surface area contributed by atoms with E-state index in [4.69, 9.17) is 16.4 Å². The van der Waals surface area contributed by atoms with Crippen LogP contribution in [0, 0.1) is 0 Å². The van der Waals surface area contributed by atoms with Crippen molar-refractivity contribution in [2.24, 2.45) is 0 Å². The Balaban J connectivity index is 2.76. The van der Waals surface area contributed by atoms with Crippen LogP contribution in [-0.4, -0.2) is 41.8 Å². The number of nitrogens with zero attached hydrogens (tertiary/aromatic N) is 1. The minimum Gasteiger partial charge on any atom is -0.375 e. The van der Waals surface area contributed by atoms with Gasteiger partial charge in [0.25, 0.3) is 0 Å². The predicted molar refractivity (Wildman–Crippen MR) is 93.8 cm³/mol. The third kappa shape index (κ3) is 7.28. The minimum absolute atomic E-state index is 0.107. The smallest absolute Gasteiger partial charge is 0.375 e. The Hall–Kier alpha value is -1.68. The molecule has 0 aliphatic carbocycles. The van der Waals surface area contributed by atoms with Gasteiger partial charge in [-0.25, -0.2) is 4.79 Å². The number of carbonyl (C=O) groups excluding carboxylic acids is 2. The Morgan fingerprint density at radius 2 is 1.88 bits per heavy atom. The van der Waals surface area contributed by atoms with Gasteiger partial charge in [-0.1, -0.05) is 27.5 Å². The van der Waals surface area contributed by atoms with E-state index in [0.717, 1.165) is 5.06 Å². The largest absolute Gasteiger partial charge is 0.405 e. The van der Waals surface area contributed by atoms with Crippen molar-refractivity contribution in [1.29, 1.82) is 0 Å². The lowest BCUT2D eigenvalue weighted by Gasteiger charge is -2.29. The molecule has 3 amide bonds. The van der Waals surface area contributed by atoms with Crippen molar-refractivity contribution in [1.82, 2.24) is 15.7 Å². The Morgan fingerprint density at radius 1 is 1.27 bits per heavy atom. The zero-order valence-corrected chi connectivity index (χ0v) is 16.5. The second-order valence-corrected chi connectivity index (χ2v) is 7.10. The van der Waals surface area contributed by atoms with Crippen molar-refractivity contribution in [3.05, 3.63) is 27.7 Å². The van der Waals surface area contributed by atoms with Crippen molar-refractivity contribution in [3.8, 4) is 5.75 Å². The van der Waals surface area contributed by atoms with Crippen LogP contribution >= 0.6 is 27.5 Å². The lowest BCUT2D eigenvalue weighted by Crippen LogP contribution is -2.59. The number of halogens is 5. The molecule has 6 nitrogen and oxygen atoms in total. The topological polar surface area (TPSA) is 70.7 Å². The molecule has 0 aromatic heterocycles. The number of amides is 3. The number of hydroxylamine groups is 2. The van der Waals surface area contributed by atoms with E-state index in [1.165, 1.54) is 19.9 Å². The summed E-state index contributed by atoms with van der Waals surface area (Å²) in [7, 11) is 0. The van der Waals surface area contributed by atoms with Gasteiger partial charge in [0.15, 0.2) is 5.75 Å². The van der Waals surface area contributed by atoms with Crippen LogP contribution in [-0.2, 0) is 4.79 Å². The SMILES string of the molecule is CCN(Oc1cc(Cl)cc(Br)c1)C(=O)NC(C)(C)C(=O)NCC(F)(F)F. The Labute approximate surface area is 162 Å². The highest BCUT2D eigenvalue weighted by Gasteiger charge is 2.35. The fraction of sp³-hybridized carbons (Fsp3) is 0.467. The van der Waals surface area contributed by atoms with Crippen LogP contribution in [0.3, 0.4) is 0 Å². The van der Waals surface area contributed by atoms with Gasteiger partial charge < -0.3 is 15.5 Å². The van der Waals surface area contributed by atoms with Gasteiger partial charge in [0.2, 0.25) is 5.91 Å². The molecule has 0 unspecified atom stereocenters. The zero-order valence-electron chi connectivity index (χ0n) is 14.2. The van der Waals surface area contributed by atoms with E-state index in [9.17, 15) is 22.8 Å². The third-order valence-corrected chi connectivity index (χ3v) is 3.68. The van der Waals surface area contributed by atoms with Gasteiger partial charge in [0.05, 0.1) is 6.54 Å². The first kappa shape index (κ1) is 22.4. The Bertz CT molecular complexity index is 651. The first-order chi connectivity index (χ1) is 11.8. The van der Waals surface area contributed by atoms with Gasteiger partial charge in [0, 0.05) is 15.6 Å². The molecule has 2 N–H and O–H groups in total. The molecule has 0 fully saturated rings. The van der Waals surface area contributed by atoms with Crippen molar-refractivity contribution >= 4 is 39.5 Å². The summed E-state index contributed by atoms with van der Waals surface area (Å²) < 4.78 is 37.3. The van der Waals surface area contributed by atoms with Gasteiger partial charge in [-0.3, -0.25) is 4.79 Å². The van der Waals surface area contributed by atoms with E-state index < -0.39 is 30.2 Å². The summed E-state index contributed by atoms with van der Waals surface area (Å²) in [5, 5.41) is 5.35. The molecule has 0 heterocycles. The summed E-state index contributed by atoms with van der Waals surface area (Å²) in [5.41, 5.74) is -1.59. The molecule has 0 saturated carbocycles. The number of alkyl halides is 3. The molecular formula is C15H18BrClF3N3O3. The lowest BCUT2D eigenvalue weighted by atomic mass is 10.1. The summed E-state index contributed by atoms with van der Waals surface area (Å²) in [5.74, 6) is -0.717. The maximum atomic E-state index is 12.3. The molecule has 0 bridgehead atoms. The number of carbonyl (C=O) groups is 2. The highest BCUT2D eigenvalue weighted by molar-refractivity contribution is 9.10. The number of urea groups is 1. The van der Waals surface area contributed by atoms with E-state index in [-0.39, 0.29) is 12.3 Å². The molecular weight excluding hydrogens is 443 g/mol. The van der Waals surface area contributed by atoms with Crippen molar-refractivity contribution in [3.63, 3.8) is 0 Å². The van der Waals surface area contributed by atoms with Crippen LogP contribution in [0.4, 0.5) is 18.0 Å². The van der Waals surface area contributed by atoms with E-state index in [0.29, 0.717) is 9.50 Å². The molecule has 26 heavy (non-hydrogen) atoms. The van der Waals surface area contributed by atoms with Crippen LogP contribution in [0.2, 0.25) is 5.02 Å². The molecule has 0 aliphatic heterocycles. The van der Waals surface area contributed by atoms with Gasteiger partial charge in [-0.2, -0.15) is 18.2 Å². The molecule has 1 aromatic rings. The van der Waals surface area contributed by atoms with Gasteiger partial charge >= 0.3 is 12.2 Å². The van der Waals surface area contributed by atoms with Crippen LogP contribution in [0.15, 0.2) is 22.7 Å². The van der Waals surface area contributed by atoms with E-state index in [1.54, 1.807) is 24.4 Å². The van der Waals surface area contributed by atoms with E-state index in [1.807, 2.05) is 0 Å². The predicted octanol–water partition coefficient (Wildman–Crippen LogP) is 3.88. The number of hydrogen-bond donors (Lipinski definition) is 2. The van der Waals surface area contributed by atoms with Crippen LogP contribution in [0.1, 0.15) is 20.8 Å². The first-order valence-corrected chi connectivity index (χ1v) is 8.60. The average molecular weight is 461 g/mol. The van der Waals surface area contributed by atoms with Crippen LogP contribution < -0.4 is 15.5 Å². The monoisotopic (exact) mass is 459 g/mol. The standard InChI is InChI=1S/C15H18BrClF3N3O3/c1-4-23(26-11-6-9(16)5-10(17)7-11)13(25)22-14(2,3)12(24)21-8-15(18,19)20/h5-7H,4,8H2,1-3H3,(H,21,24)(H,22,25). The number of rotatable bonds is 6. The zero-order chi connectivity index (χ0) is 20.1. The third-order valence-electron chi connectivity index (χ3n) is 3.00. The van der Waals surface area contributed by atoms with Crippen molar-refractivity contribution < 1.29 is 27.6 Å². The molecule has 0 radical (unpaired) electrons. The van der Waals surface area contributed by atoms with Gasteiger partial charge in [-0.05, 0) is 32.9 Å². The fourth-order valence-corrected chi connectivity index (χ4v) is 2.58. The number of nitrogens with one attached hydrogen (secondary N) is 2. The first-order valence-electron chi connectivity index (χ1n) is 7.43. The van der Waals surface area contributed by atoms with Crippen molar-refractivity contribution in [2.75, 3.05) is 13.1 Å². The summed E-state index contributed by atoms with van der Waals surface area (Å²) >= 11 is 9.14. The molecule has 11 heteroatoms. The molecule has 146 valence electrons. The van der Waals surface area contributed by atoms with Crippen LogP contribution in [0.5, 0.6) is 5.75 Å². The highest BCUT2D eigenvalue weighted by atomic mass is 79.9. The second-order valence-electron chi connectivity index (χ2n) is 5.74. The lowest BCUT2D eigenvalue weighted by molar-refractivity contribution is -0.141. The van der Waals surface area contributed by atoms with Crippen molar-refractivity contribution in [2.45, 2.75) is 32.5 Å².